The van der Waals surface area contributed by atoms with Crippen molar-refractivity contribution >= 4 is 23.2 Å². The van der Waals surface area contributed by atoms with Gasteiger partial charge in [-0.1, -0.05) is 32.0 Å². The number of alkyl halides is 3. The molecule has 0 saturated carbocycles. The molecule has 0 radical (unpaired) electrons. The van der Waals surface area contributed by atoms with E-state index in [9.17, 15) is 35.9 Å². The molecule has 0 aliphatic rings. The molecule has 3 heterocycles. The van der Waals surface area contributed by atoms with Gasteiger partial charge in [-0.05, 0) is 72.7 Å². The van der Waals surface area contributed by atoms with Crippen LogP contribution in [0.15, 0.2) is 59.0 Å². The van der Waals surface area contributed by atoms with Crippen molar-refractivity contribution in [1.82, 2.24) is 20.5 Å². The minimum absolute atomic E-state index is 0.0274. The largest absolute Gasteiger partial charge is 0.470 e. The lowest BCUT2D eigenvalue weighted by molar-refractivity contribution is -0.156. The van der Waals surface area contributed by atoms with Gasteiger partial charge in [-0.15, -0.1) is 21.5 Å². The summed E-state index contributed by atoms with van der Waals surface area (Å²) in [6, 6.07) is 11.8. The third kappa shape index (κ3) is 7.73. The number of carbonyl (C=O) groups excluding carboxylic acids is 2. The molecule has 0 aliphatic heterocycles. The third-order valence-corrected chi connectivity index (χ3v) is 8.25. The Balaban J connectivity index is 1.64. The summed E-state index contributed by atoms with van der Waals surface area (Å²) in [4.78, 5) is 31.3. The molecule has 0 spiro atoms. The Morgan fingerprint density at radius 2 is 1.60 bits per heavy atom. The van der Waals surface area contributed by atoms with E-state index in [4.69, 9.17) is 15.1 Å². The molecule has 8 nitrogen and oxygen atoms in total. The molecule has 250 valence electrons. The highest BCUT2D eigenvalue weighted by Crippen LogP contribution is 2.43. The number of nitrogens with one attached hydrogen (secondary N) is 1. The van der Waals surface area contributed by atoms with Crippen molar-refractivity contribution in [2.75, 3.05) is 0 Å². The minimum Gasteiger partial charge on any atom is -0.413 e. The smallest absolute Gasteiger partial charge is 0.413 e. The van der Waals surface area contributed by atoms with Gasteiger partial charge >= 0.3 is 12.1 Å². The zero-order valence-corrected chi connectivity index (χ0v) is 26.2. The summed E-state index contributed by atoms with van der Waals surface area (Å²) in [7, 11) is 0. The third-order valence-electron chi connectivity index (χ3n) is 7.15. The maximum atomic E-state index is 13.7. The second kappa shape index (κ2) is 14.0. The van der Waals surface area contributed by atoms with Crippen molar-refractivity contribution in [3.8, 4) is 21.9 Å². The molecule has 2 amide bonds. The first-order valence-electron chi connectivity index (χ1n) is 14.5. The summed E-state index contributed by atoms with van der Waals surface area (Å²) in [5.74, 6) is -6.30. The zero-order chi connectivity index (χ0) is 34.7. The van der Waals surface area contributed by atoms with Gasteiger partial charge in [0.15, 0.2) is 11.6 Å². The molecule has 0 bridgehead atoms. The first-order chi connectivity index (χ1) is 22.7. The monoisotopic (exact) mass is 687 g/mol. The second-order valence-electron chi connectivity index (χ2n) is 11.2. The Bertz CT molecular complexity index is 1970. The Morgan fingerprint density at radius 3 is 2.23 bits per heavy atom. The van der Waals surface area contributed by atoms with E-state index >= 15 is 0 Å². The van der Waals surface area contributed by atoms with Crippen LogP contribution in [-0.2, 0) is 32.0 Å². The van der Waals surface area contributed by atoms with Crippen molar-refractivity contribution in [1.29, 1.82) is 0 Å². The average molecular weight is 688 g/mol. The molecule has 3 N–H and O–H groups in total. The molecular weight excluding hydrogens is 660 g/mol. The van der Waals surface area contributed by atoms with E-state index in [1.807, 2.05) is 13.8 Å². The van der Waals surface area contributed by atoms with E-state index in [1.54, 1.807) is 12.1 Å². The lowest BCUT2D eigenvalue weighted by atomic mass is 9.91. The van der Waals surface area contributed by atoms with Crippen molar-refractivity contribution in [2.24, 2.45) is 11.7 Å². The fourth-order valence-electron chi connectivity index (χ4n) is 5.01. The van der Waals surface area contributed by atoms with Crippen LogP contribution in [-0.4, -0.2) is 27.0 Å². The molecule has 0 saturated heterocycles. The fourth-order valence-corrected chi connectivity index (χ4v) is 5.99. The van der Waals surface area contributed by atoms with Gasteiger partial charge in [0.25, 0.3) is 17.7 Å². The number of halogens is 6. The molecule has 0 fully saturated rings. The number of nitrogens with two attached hydrogens (primary N) is 1. The number of carbonyl (C=O) groups is 2. The van der Waals surface area contributed by atoms with Gasteiger partial charge in [0.2, 0.25) is 0 Å². The molecule has 3 aromatic heterocycles. The van der Waals surface area contributed by atoms with Gasteiger partial charge in [-0.3, -0.25) is 14.6 Å². The van der Waals surface area contributed by atoms with E-state index in [1.165, 1.54) is 30.3 Å². The lowest BCUT2D eigenvalue weighted by Gasteiger charge is -2.19. The van der Waals surface area contributed by atoms with Gasteiger partial charge in [-0.2, -0.15) is 13.2 Å². The van der Waals surface area contributed by atoms with Gasteiger partial charge in [0.05, 0.1) is 27.4 Å². The van der Waals surface area contributed by atoms with E-state index in [0.29, 0.717) is 11.1 Å². The molecule has 0 aliphatic carbocycles. The number of thiophene rings is 1. The first-order valence-corrected chi connectivity index (χ1v) is 15.4. The molecule has 15 heteroatoms. The summed E-state index contributed by atoms with van der Waals surface area (Å²) in [6.07, 6.45) is -4.33. The lowest BCUT2D eigenvalue weighted by Crippen LogP contribution is -2.21. The first kappa shape index (κ1) is 34.3. The predicted octanol–water partition coefficient (Wildman–Crippen LogP) is 7.31. The zero-order valence-electron chi connectivity index (χ0n) is 25.4. The van der Waals surface area contributed by atoms with Crippen LogP contribution in [0.1, 0.15) is 62.3 Å². The number of rotatable bonds is 11. The number of hydrogen-bond donors (Lipinski definition) is 2. The topological polar surface area (TPSA) is 124 Å². The quantitative estimate of drug-likeness (QED) is 0.140. The van der Waals surface area contributed by atoms with Crippen molar-refractivity contribution in [3.05, 3.63) is 111 Å². The SMILES string of the molecule is CC(C)Cc1nc(CCc2ccc(F)cc2)c(-c2nnc(C(F)(F)F)o2)c(-c2ccc(C(=O)NCc3ccc(F)c(F)c3)s2)c1C(N)=O. The van der Waals surface area contributed by atoms with E-state index in [2.05, 4.69) is 15.5 Å². The summed E-state index contributed by atoms with van der Waals surface area (Å²) < 4.78 is 86.4. The van der Waals surface area contributed by atoms with Crippen LogP contribution in [0.25, 0.3) is 21.9 Å². The summed E-state index contributed by atoms with van der Waals surface area (Å²) in [6.45, 7) is 3.63. The van der Waals surface area contributed by atoms with Crippen molar-refractivity contribution in [3.63, 3.8) is 0 Å². The van der Waals surface area contributed by atoms with Crippen LogP contribution < -0.4 is 11.1 Å². The summed E-state index contributed by atoms with van der Waals surface area (Å²) in [5.41, 5.74) is 7.27. The van der Waals surface area contributed by atoms with E-state index in [-0.39, 0.29) is 69.6 Å². The van der Waals surface area contributed by atoms with Crippen LogP contribution in [0.3, 0.4) is 0 Å². The number of amides is 2. The maximum absolute atomic E-state index is 13.7. The highest BCUT2D eigenvalue weighted by Gasteiger charge is 2.39. The normalized spacial score (nSPS) is 11.7. The second-order valence-corrected chi connectivity index (χ2v) is 12.3. The Hall–Kier alpha value is -5.05. The number of nitrogens with zero attached hydrogens (tertiary/aromatic N) is 3. The fraction of sp³-hybridized carbons (Fsp3) is 0.242. The Kier molecular flexibility index (Phi) is 9.98. The predicted molar refractivity (Wildman–Crippen MR) is 164 cm³/mol. The number of aryl methyl sites for hydroxylation is 2. The molecule has 0 atom stereocenters. The standard InChI is InChI=1S/C33H27F6N5O3S/c1-16(2)13-23-26(29(40)45)28(24-11-12-25(48-24)30(46)41-15-18-5-9-20(35)21(36)14-18)27(31-43-44-32(47-31)33(37,38)39)22(42-23)10-6-17-3-7-19(34)8-4-17/h3-5,7-9,11-12,14,16H,6,10,13,15H2,1-2H3,(H2,40,45)(H,41,46). The van der Waals surface area contributed by atoms with Gasteiger partial charge in [0.1, 0.15) is 5.82 Å². The Labute approximate surface area is 274 Å². The summed E-state index contributed by atoms with van der Waals surface area (Å²) >= 11 is 0.905. The maximum Gasteiger partial charge on any atom is 0.470 e. The van der Waals surface area contributed by atoms with Crippen molar-refractivity contribution < 1.29 is 40.3 Å². The van der Waals surface area contributed by atoms with Crippen LogP contribution in [0.2, 0.25) is 0 Å². The van der Waals surface area contributed by atoms with Crippen LogP contribution >= 0.6 is 11.3 Å². The highest BCUT2D eigenvalue weighted by atomic mass is 32.1. The molecule has 5 aromatic rings. The Morgan fingerprint density at radius 1 is 0.896 bits per heavy atom. The minimum atomic E-state index is -4.97. The molecule has 48 heavy (non-hydrogen) atoms. The van der Waals surface area contributed by atoms with Gasteiger partial charge < -0.3 is 15.5 Å². The van der Waals surface area contributed by atoms with Gasteiger partial charge in [-0.25, -0.2) is 13.2 Å². The number of primary amides is 1. The number of pyridine rings is 1. The average Bonchev–Trinajstić information content (AvgIpc) is 3.71. The number of benzene rings is 2. The number of hydrogen-bond acceptors (Lipinski definition) is 7. The van der Waals surface area contributed by atoms with Crippen molar-refractivity contribution in [2.45, 2.75) is 45.8 Å². The molecule has 5 rings (SSSR count). The highest BCUT2D eigenvalue weighted by molar-refractivity contribution is 7.17. The van der Waals surface area contributed by atoms with Gasteiger partial charge in [0, 0.05) is 17.0 Å². The van der Waals surface area contributed by atoms with E-state index in [0.717, 1.165) is 23.5 Å². The molecule has 2 aromatic carbocycles. The summed E-state index contributed by atoms with van der Waals surface area (Å²) in [5, 5.41) is 9.45. The van der Waals surface area contributed by atoms with E-state index < -0.39 is 47.2 Å². The van der Waals surface area contributed by atoms with Crippen LogP contribution in [0, 0.1) is 23.4 Å². The molecular formula is C33H27F6N5O3S. The van der Waals surface area contributed by atoms with Crippen LogP contribution in [0.5, 0.6) is 0 Å². The van der Waals surface area contributed by atoms with Crippen LogP contribution in [0.4, 0.5) is 26.3 Å². The number of aromatic nitrogens is 3. The molecule has 0 unspecified atom stereocenters.